The minimum atomic E-state index is 0.228. The van der Waals surface area contributed by atoms with Gasteiger partial charge in [0.1, 0.15) is 5.78 Å². The Labute approximate surface area is 168 Å². The highest BCUT2D eigenvalue weighted by molar-refractivity contribution is 7.80. The van der Waals surface area contributed by atoms with Gasteiger partial charge in [-0.05, 0) is 105 Å². The molecule has 3 fully saturated rings. The number of hydrogen-bond acceptors (Lipinski definition) is 3. The molecule has 27 heavy (non-hydrogen) atoms. The molecule has 0 unspecified atom stereocenters. The number of rotatable bonds is 2. The molecule has 148 valence electrons. The van der Waals surface area contributed by atoms with E-state index in [1.807, 2.05) is 6.92 Å². The molecule has 0 aromatic carbocycles. The summed E-state index contributed by atoms with van der Waals surface area (Å²) in [6, 6.07) is 0. The van der Waals surface area contributed by atoms with Crippen LogP contribution in [0.3, 0.4) is 0 Å². The Hall–Kier alpha value is -1.23. The third kappa shape index (κ3) is 2.97. The van der Waals surface area contributed by atoms with Crippen molar-refractivity contribution in [3.05, 3.63) is 11.6 Å². The molecule has 3 saturated carbocycles. The average molecular weight is 388 g/mol. The van der Waals surface area contributed by atoms with Gasteiger partial charge in [-0.2, -0.15) is 5.10 Å². The second-order valence-electron chi connectivity index (χ2n) is 9.87. The molecule has 5 heteroatoms. The second-order valence-corrected chi connectivity index (χ2v) is 10.3. The number of Topliss-reactive ketones (excluding diaryl/α,β-unsaturated/α-hetero) is 1. The van der Waals surface area contributed by atoms with Crippen molar-refractivity contribution >= 4 is 28.8 Å². The largest absolute Gasteiger partial charge is 0.375 e. The molecule has 0 saturated heterocycles. The van der Waals surface area contributed by atoms with Gasteiger partial charge in [-0.25, -0.2) is 0 Å². The Morgan fingerprint density at radius 3 is 2.67 bits per heavy atom. The van der Waals surface area contributed by atoms with E-state index in [-0.39, 0.29) is 10.5 Å². The SMILES string of the molecule is CC(=O)[C@H]1CC[C@H]2[C@@H]3CCC4=C/C(=N/NC(N)=S)CC[C@]4(C)[C@H]3CC[C@]12C. The summed E-state index contributed by atoms with van der Waals surface area (Å²) in [5.41, 5.74) is 11.5. The van der Waals surface area contributed by atoms with Crippen LogP contribution in [0.15, 0.2) is 16.8 Å². The summed E-state index contributed by atoms with van der Waals surface area (Å²) < 4.78 is 0. The maximum absolute atomic E-state index is 12.3. The first-order valence-corrected chi connectivity index (χ1v) is 11.0. The van der Waals surface area contributed by atoms with E-state index >= 15 is 0 Å². The van der Waals surface area contributed by atoms with Crippen LogP contribution in [0.5, 0.6) is 0 Å². The monoisotopic (exact) mass is 387 g/mol. The lowest BCUT2D eigenvalue weighted by atomic mass is 9.46. The molecule has 6 atom stereocenters. The summed E-state index contributed by atoms with van der Waals surface area (Å²) >= 11 is 4.87. The molecule has 3 N–H and O–H groups in total. The number of carbonyl (C=O) groups excluding carboxylic acids is 1. The Bertz CT molecular complexity index is 729. The molecule has 0 bridgehead atoms. The van der Waals surface area contributed by atoms with Crippen molar-refractivity contribution in [1.82, 2.24) is 5.43 Å². The average Bonchev–Trinajstić information content (AvgIpc) is 2.97. The van der Waals surface area contributed by atoms with Gasteiger partial charge in [0.2, 0.25) is 0 Å². The van der Waals surface area contributed by atoms with Crippen molar-refractivity contribution in [2.45, 2.75) is 72.1 Å². The van der Waals surface area contributed by atoms with Crippen LogP contribution < -0.4 is 11.2 Å². The number of hydrazone groups is 1. The summed E-state index contributed by atoms with van der Waals surface area (Å²) in [5.74, 6) is 2.99. The highest BCUT2D eigenvalue weighted by Gasteiger charge is 2.59. The number of thiocarbonyl (C=S) groups is 1. The molecule has 0 aliphatic heterocycles. The molecule has 0 radical (unpaired) electrons. The molecule has 4 rings (SSSR count). The predicted octanol–water partition coefficient (Wildman–Crippen LogP) is 4.34. The number of fused-ring (bicyclic) bond motifs is 5. The molecule has 4 aliphatic carbocycles. The van der Waals surface area contributed by atoms with Gasteiger partial charge in [0, 0.05) is 5.92 Å². The standard InChI is InChI=1S/C22H33N3OS/c1-13(26)17-6-7-18-16-5-4-14-12-15(24-25-20(23)27)8-10-21(14,2)19(16)9-11-22(17,18)3/h12,16-19H,4-11H2,1-3H3,(H3,23,25,27)/b24-15+/t16-,17+,18-,19-,21-,22+/m0/s1. The quantitative estimate of drug-likeness (QED) is 0.546. The number of nitrogens with zero attached hydrogens (tertiary/aromatic N) is 1. The van der Waals surface area contributed by atoms with E-state index in [2.05, 4.69) is 30.5 Å². The maximum Gasteiger partial charge on any atom is 0.184 e. The lowest BCUT2D eigenvalue weighted by Crippen LogP contribution is -2.51. The fourth-order valence-corrected chi connectivity index (χ4v) is 7.50. The van der Waals surface area contributed by atoms with E-state index in [0.717, 1.165) is 42.7 Å². The van der Waals surface area contributed by atoms with Gasteiger partial charge in [0.25, 0.3) is 0 Å². The van der Waals surface area contributed by atoms with Gasteiger partial charge in [0.15, 0.2) is 5.11 Å². The lowest BCUT2D eigenvalue weighted by molar-refractivity contribution is -0.127. The van der Waals surface area contributed by atoms with Gasteiger partial charge in [-0.3, -0.25) is 10.2 Å². The topological polar surface area (TPSA) is 67.5 Å². The minimum Gasteiger partial charge on any atom is -0.375 e. The molecule has 0 aromatic rings. The maximum atomic E-state index is 12.3. The Balaban J connectivity index is 1.59. The molecule has 4 aliphatic rings. The van der Waals surface area contributed by atoms with E-state index in [9.17, 15) is 4.79 Å². The van der Waals surface area contributed by atoms with Crippen molar-refractivity contribution < 1.29 is 4.79 Å². The predicted molar refractivity (Wildman–Crippen MR) is 113 cm³/mol. The zero-order chi connectivity index (χ0) is 19.4. The Morgan fingerprint density at radius 2 is 1.96 bits per heavy atom. The van der Waals surface area contributed by atoms with Crippen molar-refractivity contribution in [3.8, 4) is 0 Å². The zero-order valence-corrected chi connectivity index (χ0v) is 17.7. The molecule has 0 aromatic heterocycles. The molecule has 4 nitrogen and oxygen atoms in total. The smallest absolute Gasteiger partial charge is 0.184 e. The number of carbonyl (C=O) groups is 1. The minimum absolute atomic E-state index is 0.228. The highest BCUT2D eigenvalue weighted by atomic mass is 32.1. The van der Waals surface area contributed by atoms with E-state index in [1.54, 1.807) is 5.57 Å². The van der Waals surface area contributed by atoms with Crippen LogP contribution in [0, 0.1) is 34.5 Å². The van der Waals surface area contributed by atoms with Gasteiger partial charge in [0.05, 0.1) is 5.71 Å². The second kappa shape index (κ2) is 6.68. The summed E-state index contributed by atoms with van der Waals surface area (Å²) in [5, 5.41) is 4.62. The zero-order valence-electron chi connectivity index (χ0n) is 16.9. The van der Waals surface area contributed by atoms with E-state index in [1.165, 1.54) is 32.1 Å². The van der Waals surface area contributed by atoms with E-state index in [0.29, 0.717) is 17.1 Å². The van der Waals surface area contributed by atoms with Gasteiger partial charge in [-0.1, -0.05) is 19.4 Å². The number of allylic oxidation sites excluding steroid dienone is 2. The van der Waals surface area contributed by atoms with Crippen LogP contribution in [0.1, 0.15) is 72.1 Å². The number of nitrogens with one attached hydrogen (secondary N) is 1. The molecule has 0 heterocycles. The van der Waals surface area contributed by atoms with Crippen LogP contribution in [0.25, 0.3) is 0 Å². The van der Waals surface area contributed by atoms with E-state index in [4.69, 9.17) is 18.0 Å². The highest BCUT2D eigenvalue weighted by Crippen LogP contribution is 2.66. The Kier molecular flexibility index (Phi) is 4.73. The fourth-order valence-electron chi connectivity index (χ4n) is 7.45. The van der Waals surface area contributed by atoms with Crippen molar-refractivity contribution in [2.24, 2.45) is 45.3 Å². The molecule has 0 spiro atoms. The van der Waals surface area contributed by atoms with Crippen molar-refractivity contribution in [2.75, 3.05) is 0 Å². The van der Waals surface area contributed by atoms with E-state index < -0.39 is 0 Å². The summed E-state index contributed by atoms with van der Waals surface area (Å²) in [4.78, 5) is 12.3. The molecular weight excluding hydrogens is 354 g/mol. The van der Waals surface area contributed by atoms with Crippen molar-refractivity contribution in [3.63, 3.8) is 0 Å². The third-order valence-electron chi connectivity index (χ3n) is 8.78. The van der Waals surface area contributed by atoms with Gasteiger partial charge >= 0.3 is 0 Å². The first kappa shape index (κ1) is 19.1. The lowest BCUT2D eigenvalue weighted by Gasteiger charge is -2.58. The number of ketones is 1. The summed E-state index contributed by atoms with van der Waals surface area (Å²) in [6.45, 7) is 6.73. The normalized spacial score (nSPS) is 44.7. The van der Waals surface area contributed by atoms with Gasteiger partial charge < -0.3 is 5.73 Å². The number of hydrogen-bond donors (Lipinski definition) is 2. The van der Waals surface area contributed by atoms with Crippen LogP contribution in [-0.2, 0) is 4.79 Å². The fraction of sp³-hybridized carbons (Fsp3) is 0.773. The third-order valence-corrected chi connectivity index (χ3v) is 8.87. The van der Waals surface area contributed by atoms with Gasteiger partial charge in [-0.15, -0.1) is 0 Å². The first-order chi connectivity index (χ1) is 12.8. The van der Waals surface area contributed by atoms with Crippen molar-refractivity contribution in [1.29, 1.82) is 0 Å². The number of nitrogens with two attached hydrogens (primary N) is 1. The van der Waals surface area contributed by atoms with Crippen LogP contribution >= 0.6 is 12.2 Å². The molecular formula is C22H33N3OS. The van der Waals surface area contributed by atoms with Crippen LogP contribution in [0.2, 0.25) is 0 Å². The summed E-state index contributed by atoms with van der Waals surface area (Å²) in [6.07, 6.45) is 11.7. The molecule has 0 amide bonds. The van der Waals surface area contributed by atoms with Crippen LogP contribution in [0.4, 0.5) is 0 Å². The summed E-state index contributed by atoms with van der Waals surface area (Å²) in [7, 11) is 0. The Morgan fingerprint density at radius 1 is 1.19 bits per heavy atom. The van der Waals surface area contributed by atoms with Crippen LogP contribution in [-0.4, -0.2) is 16.6 Å². The first-order valence-electron chi connectivity index (χ1n) is 10.6.